The van der Waals surface area contributed by atoms with E-state index in [1.807, 2.05) is 0 Å². The molecular weight excluding hydrogens is 276 g/mol. The zero-order chi connectivity index (χ0) is 12.7. The normalized spacial score (nSPS) is 11.1. The molecule has 3 aromatic rings. The molecule has 0 radical (unpaired) electrons. The van der Waals surface area contributed by atoms with Crippen molar-refractivity contribution >= 4 is 28.8 Å². The monoisotopic (exact) mass is 281 g/mol. The lowest BCUT2D eigenvalue weighted by Crippen LogP contribution is -1.92. The summed E-state index contributed by atoms with van der Waals surface area (Å²) in [5, 5.41) is 4.73. The van der Waals surface area contributed by atoms with Gasteiger partial charge in [-0.25, -0.2) is 13.9 Å². The summed E-state index contributed by atoms with van der Waals surface area (Å²) >= 11 is 11.9. The molecule has 0 spiro atoms. The molecule has 0 amide bonds. The molecule has 2 aromatic heterocycles. The molecule has 3 rings (SSSR count). The molecule has 0 fully saturated rings. The molecule has 0 saturated heterocycles. The SMILES string of the molecule is Fc1cccc(-c2cnn3c(Cl)cc(Cl)nc23)c1. The van der Waals surface area contributed by atoms with Gasteiger partial charge in [0, 0.05) is 11.6 Å². The number of aromatic nitrogens is 3. The molecule has 6 heteroatoms. The highest BCUT2D eigenvalue weighted by molar-refractivity contribution is 6.33. The van der Waals surface area contributed by atoms with E-state index in [-0.39, 0.29) is 11.0 Å². The Kier molecular flexibility index (Phi) is 2.69. The van der Waals surface area contributed by atoms with Crippen molar-refractivity contribution in [2.45, 2.75) is 0 Å². The van der Waals surface area contributed by atoms with Gasteiger partial charge >= 0.3 is 0 Å². The van der Waals surface area contributed by atoms with E-state index in [1.54, 1.807) is 18.3 Å². The van der Waals surface area contributed by atoms with Crippen molar-refractivity contribution in [3.8, 4) is 11.1 Å². The van der Waals surface area contributed by atoms with Gasteiger partial charge in [-0.15, -0.1) is 0 Å². The van der Waals surface area contributed by atoms with Crippen molar-refractivity contribution in [3.05, 3.63) is 52.7 Å². The topological polar surface area (TPSA) is 30.2 Å². The van der Waals surface area contributed by atoms with Gasteiger partial charge in [-0.1, -0.05) is 35.3 Å². The lowest BCUT2D eigenvalue weighted by molar-refractivity contribution is 0.628. The van der Waals surface area contributed by atoms with Crippen molar-refractivity contribution in [2.24, 2.45) is 0 Å². The van der Waals surface area contributed by atoms with Crippen LogP contribution < -0.4 is 0 Å². The Morgan fingerprint density at radius 1 is 1.17 bits per heavy atom. The van der Waals surface area contributed by atoms with E-state index in [4.69, 9.17) is 23.2 Å². The first-order valence-electron chi connectivity index (χ1n) is 5.11. The Morgan fingerprint density at radius 3 is 2.78 bits per heavy atom. The van der Waals surface area contributed by atoms with Crippen molar-refractivity contribution in [3.63, 3.8) is 0 Å². The van der Waals surface area contributed by atoms with E-state index in [2.05, 4.69) is 10.1 Å². The highest BCUT2D eigenvalue weighted by atomic mass is 35.5. The fraction of sp³-hybridized carbons (Fsp3) is 0. The Bertz CT molecular complexity index is 739. The summed E-state index contributed by atoms with van der Waals surface area (Å²) in [6.45, 7) is 0. The van der Waals surface area contributed by atoms with Crippen LogP contribution >= 0.6 is 23.2 Å². The van der Waals surface area contributed by atoms with Gasteiger partial charge < -0.3 is 0 Å². The predicted molar refractivity (Wildman–Crippen MR) is 68.4 cm³/mol. The van der Waals surface area contributed by atoms with Gasteiger partial charge in [0.1, 0.15) is 16.1 Å². The third kappa shape index (κ3) is 1.83. The first-order valence-corrected chi connectivity index (χ1v) is 5.86. The van der Waals surface area contributed by atoms with Crippen LogP contribution in [0.5, 0.6) is 0 Å². The lowest BCUT2D eigenvalue weighted by Gasteiger charge is -2.01. The predicted octanol–water partition coefficient (Wildman–Crippen LogP) is 3.84. The quantitative estimate of drug-likeness (QED) is 0.635. The summed E-state index contributed by atoms with van der Waals surface area (Å²) in [7, 11) is 0. The van der Waals surface area contributed by atoms with Gasteiger partial charge in [0.15, 0.2) is 5.65 Å². The minimum Gasteiger partial charge on any atom is -0.216 e. The molecule has 2 heterocycles. The number of hydrogen-bond acceptors (Lipinski definition) is 2. The number of nitrogens with zero attached hydrogens (tertiary/aromatic N) is 3. The Hall–Kier alpha value is -1.65. The number of benzene rings is 1. The van der Waals surface area contributed by atoms with Gasteiger partial charge in [-0.3, -0.25) is 0 Å². The molecule has 18 heavy (non-hydrogen) atoms. The third-order valence-electron chi connectivity index (χ3n) is 2.53. The maximum atomic E-state index is 13.2. The fourth-order valence-corrected chi connectivity index (χ4v) is 2.22. The second kappa shape index (κ2) is 4.23. The Morgan fingerprint density at radius 2 is 2.00 bits per heavy atom. The molecule has 0 saturated carbocycles. The second-order valence-corrected chi connectivity index (χ2v) is 4.48. The smallest absolute Gasteiger partial charge is 0.166 e. The zero-order valence-corrected chi connectivity index (χ0v) is 10.5. The number of rotatable bonds is 1. The molecule has 0 aliphatic heterocycles. The number of hydrogen-bond donors (Lipinski definition) is 0. The van der Waals surface area contributed by atoms with Crippen LogP contribution in [0.15, 0.2) is 36.5 Å². The van der Waals surface area contributed by atoms with E-state index in [0.29, 0.717) is 21.9 Å². The van der Waals surface area contributed by atoms with Crippen LogP contribution in [-0.4, -0.2) is 14.6 Å². The summed E-state index contributed by atoms with van der Waals surface area (Å²) in [4.78, 5) is 4.16. The van der Waals surface area contributed by atoms with E-state index >= 15 is 0 Å². The van der Waals surface area contributed by atoms with Crippen LogP contribution in [0, 0.1) is 5.82 Å². The minimum absolute atomic E-state index is 0.269. The standard InChI is InChI=1S/C12H6Cl2FN3/c13-10-5-11(14)18-12(17-10)9(6-16-18)7-2-1-3-8(15)4-7/h1-6H. The van der Waals surface area contributed by atoms with Gasteiger partial charge in [-0.2, -0.15) is 5.10 Å². The molecule has 0 unspecified atom stereocenters. The third-order valence-corrected chi connectivity index (χ3v) is 3.00. The Balaban J connectivity index is 2.30. The molecule has 0 atom stereocenters. The van der Waals surface area contributed by atoms with E-state index in [1.165, 1.54) is 22.7 Å². The van der Waals surface area contributed by atoms with E-state index in [0.717, 1.165) is 0 Å². The Labute approximate surface area is 112 Å². The summed E-state index contributed by atoms with van der Waals surface area (Å²) in [6, 6.07) is 7.69. The van der Waals surface area contributed by atoms with Crippen LogP contribution in [0.2, 0.25) is 10.3 Å². The average molecular weight is 282 g/mol. The van der Waals surface area contributed by atoms with Gasteiger partial charge in [0.2, 0.25) is 0 Å². The molecule has 3 nitrogen and oxygen atoms in total. The van der Waals surface area contributed by atoms with Crippen LogP contribution in [-0.2, 0) is 0 Å². The van der Waals surface area contributed by atoms with Gasteiger partial charge in [-0.05, 0) is 17.7 Å². The highest BCUT2D eigenvalue weighted by Gasteiger charge is 2.11. The summed E-state index contributed by atoms with van der Waals surface area (Å²) in [5.74, 6) is -0.319. The van der Waals surface area contributed by atoms with Gasteiger partial charge in [0.05, 0.1) is 6.20 Å². The molecule has 0 N–H and O–H groups in total. The van der Waals surface area contributed by atoms with Crippen molar-refractivity contribution in [1.82, 2.24) is 14.6 Å². The average Bonchev–Trinajstić information content (AvgIpc) is 2.72. The van der Waals surface area contributed by atoms with Crippen molar-refractivity contribution in [1.29, 1.82) is 0 Å². The van der Waals surface area contributed by atoms with Crippen LogP contribution in [0.1, 0.15) is 0 Å². The molecule has 0 bridgehead atoms. The summed E-state index contributed by atoms with van der Waals surface area (Å²) in [6.07, 6.45) is 1.58. The second-order valence-electron chi connectivity index (χ2n) is 3.71. The molecule has 0 aliphatic carbocycles. The largest absolute Gasteiger partial charge is 0.216 e. The lowest BCUT2D eigenvalue weighted by atomic mass is 10.1. The maximum absolute atomic E-state index is 13.2. The molecule has 1 aromatic carbocycles. The van der Waals surface area contributed by atoms with Crippen LogP contribution in [0.3, 0.4) is 0 Å². The minimum atomic E-state index is -0.319. The first kappa shape index (κ1) is 11.4. The summed E-state index contributed by atoms with van der Waals surface area (Å²) < 4.78 is 14.7. The fourth-order valence-electron chi connectivity index (χ4n) is 1.76. The highest BCUT2D eigenvalue weighted by Crippen LogP contribution is 2.27. The molecule has 90 valence electrons. The number of halogens is 3. The molecule has 0 aliphatic rings. The van der Waals surface area contributed by atoms with Crippen molar-refractivity contribution in [2.75, 3.05) is 0 Å². The zero-order valence-electron chi connectivity index (χ0n) is 8.94. The first-order chi connectivity index (χ1) is 8.65. The maximum Gasteiger partial charge on any atom is 0.166 e. The van der Waals surface area contributed by atoms with Crippen molar-refractivity contribution < 1.29 is 4.39 Å². The number of fused-ring (bicyclic) bond motifs is 1. The van der Waals surface area contributed by atoms with E-state index in [9.17, 15) is 4.39 Å². The summed E-state index contributed by atoms with van der Waals surface area (Å²) in [5.41, 5.74) is 1.85. The molecular formula is C12H6Cl2FN3. The van der Waals surface area contributed by atoms with E-state index < -0.39 is 0 Å². The van der Waals surface area contributed by atoms with Crippen LogP contribution in [0.4, 0.5) is 4.39 Å². The van der Waals surface area contributed by atoms with Gasteiger partial charge in [0.25, 0.3) is 0 Å². The van der Waals surface area contributed by atoms with Crippen LogP contribution in [0.25, 0.3) is 16.8 Å².